The van der Waals surface area contributed by atoms with Crippen LogP contribution in [0.5, 0.6) is 0 Å². The van der Waals surface area contributed by atoms with Crippen LogP contribution in [0.3, 0.4) is 0 Å². The lowest BCUT2D eigenvalue weighted by Crippen LogP contribution is -2.60. The van der Waals surface area contributed by atoms with E-state index in [1.807, 2.05) is 152 Å². The fourth-order valence-corrected chi connectivity index (χ4v) is 5.92. The summed E-state index contributed by atoms with van der Waals surface area (Å²) in [6, 6.07) is 49.4. The van der Waals surface area contributed by atoms with E-state index in [2.05, 4.69) is 0 Å². The summed E-state index contributed by atoms with van der Waals surface area (Å²) in [4.78, 5) is 0. The van der Waals surface area contributed by atoms with E-state index >= 15 is 0 Å². The molecule has 0 radical (unpaired) electrons. The van der Waals surface area contributed by atoms with Crippen LogP contribution in [0.15, 0.2) is 152 Å². The van der Waals surface area contributed by atoms with Crippen molar-refractivity contribution in [3.8, 4) is 0 Å². The second kappa shape index (κ2) is 14.8. The average molecular weight is 603 g/mol. The Bertz CT molecular complexity index is 1470. The van der Waals surface area contributed by atoms with Crippen molar-refractivity contribution in [2.24, 2.45) is 0 Å². The Kier molecular flexibility index (Phi) is 10.1. The Balaban J connectivity index is 1.30. The monoisotopic (exact) mass is 602 g/mol. The molecule has 5 atom stereocenters. The molecule has 1 aliphatic rings. The zero-order valence-corrected chi connectivity index (χ0v) is 25.0. The van der Waals surface area contributed by atoms with Crippen molar-refractivity contribution in [2.75, 3.05) is 6.61 Å². The third kappa shape index (κ3) is 7.08. The molecule has 2 N–H and O–H groups in total. The standard InChI is InChI=1S/C39H38O6/c40-35-34(28-44-39(31-20-10-3-11-21-31,32-22-12-4-13-23-32)33-24-14-5-15-25-33)45-38(41)37(43-27-30-18-8-2-9-19-30)36(35)42-26-29-16-6-1-7-17-29/h1-25,34-38,40-41H,26-28H2/t34-,35-,36+,37-,38?/m1/s1. The minimum absolute atomic E-state index is 0.0342. The van der Waals surface area contributed by atoms with E-state index in [1.54, 1.807) is 0 Å². The van der Waals surface area contributed by atoms with Crippen LogP contribution in [0.25, 0.3) is 0 Å². The Morgan fingerprint density at radius 2 is 0.889 bits per heavy atom. The van der Waals surface area contributed by atoms with Gasteiger partial charge in [0.2, 0.25) is 0 Å². The summed E-state index contributed by atoms with van der Waals surface area (Å²) in [5, 5.41) is 23.1. The molecule has 6 heteroatoms. The molecule has 1 unspecified atom stereocenters. The molecule has 5 aromatic rings. The molecular weight excluding hydrogens is 564 g/mol. The Morgan fingerprint density at radius 3 is 1.31 bits per heavy atom. The van der Waals surface area contributed by atoms with E-state index in [9.17, 15) is 10.2 Å². The fourth-order valence-electron chi connectivity index (χ4n) is 5.92. The Morgan fingerprint density at radius 1 is 0.511 bits per heavy atom. The van der Waals surface area contributed by atoms with Crippen LogP contribution in [0.2, 0.25) is 0 Å². The molecule has 0 saturated carbocycles. The number of ether oxygens (including phenoxy) is 4. The molecule has 1 saturated heterocycles. The van der Waals surface area contributed by atoms with Crippen LogP contribution < -0.4 is 0 Å². The van der Waals surface area contributed by atoms with Gasteiger partial charge in [-0.05, 0) is 27.8 Å². The van der Waals surface area contributed by atoms with Crippen LogP contribution in [-0.4, -0.2) is 47.5 Å². The highest BCUT2D eigenvalue weighted by molar-refractivity contribution is 5.47. The molecule has 230 valence electrons. The molecule has 5 aromatic carbocycles. The van der Waals surface area contributed by atoms with E-state index in [4.69, 9.17) is 18.9 Å². The summed E-state index contributed by atoms with van der Waals surface area (Å²) in [7, 11) is 0. The largest absolute Gasteiger partial charge is 0.387 e. The molecule has 1 fully saturated rings. The number of rotatable bonds is 12. The number of aliphatic hydroxyl groups excluding tert-OH is 2. The summed E-state index contributed by atoms with van der Waals surface area (Å²) in [5.41, 5.74) is 3.64. The zero-order chi connectivity index (χ0) is 30.9. The summed E-state index contributed by atoms with van der Waals surface area (Å²) in [6.45, 7) is 0.424. The van der Waals surface area contributed by atoms with Crippen molar-refractivity contribution in [1.29, 1.82) is 0 Å². The first-order chi connectivity index (χ1) is 22.1. The van der Waals surface area contributed by atoms with Crippen molar-refractivity contribution in [3.63, 3.8) is 0 Å². The lowest BCUT2D eigenvalue weighted by Gasteiger charge is -2.44. The predicted octanol–water partition coefficient (Wildman–Crippen LogP) is 6.24. The van der Waals surface area contributed by atoms with Gasteiger partial charge in [0.25, 0.3) is 0 Å². The van der Waals surface area contributed by atoms with Gasteiger partial charge in [-0.1, -0.05) is 152 Å². The molecule has 1 heterocycles. The normalized spacial score (nSPS) is 21.8. The van der Waals surface area contributed by atoms with Gasteiger partial charge in [-0.2, -0.15) is 0 Å². The second-order valence-corrected chi connectivity index (χ2v) is 11.2. The van der Waals surface area contributed by atoms with Crippen LogP contribution in [0.1, 0.15) is 27.8 Å². The fraction of sp³-hybridized carbons (Fsp3) is 0.231. The van der Waals surface area contributed by atoms with Crippen molar-refractivity contribution in [3.05, 3.63) is 179 Å². The topological polar surface area (TPSA) is 77.4 Å². The van der Waals surface area contributed by atoms with Crippen molar-refractivity contribution < 1.29 is 29.2 Å². The smallest absolute Gasteiger partial charge is 0.184 e. The molecule has 45 heavy (non-hydrogen) atoms. The lowest BCUT2D eigenvalue weighted by molar-refractivity contribution is -0.311. The maximum absolute atomic E-state index is 11.8. The highest BCUT2D eigenvalue weighted by Gasteiger charge is 2.48. The van der Waals surface area contributed by atoms with E-state index in [0.717, 1.165) is 27.8 Å². The summed E-state index contributed by atoms with van der Waals surface area (Å²) >= 11 is 0. The summed E-state index contributed by atoms with van der Waals surface area (Å²) < 4.78 is 25.4. The van der Waals surface area contributed by atoms with Gasteiger partial charge in [0.15, 0.2) is 6.29 Å². The van der Waals surface area contributed by atoms with Gasteiger partial charge in [-0.3, -0.25) is 0 Å². The zero-order valence-electron chi connectivity index (χ0n) is 25.0. The Labute approximate surface area is 264 Å². The van der Waals surface area contributed by atoms with Gasteiger partial charge >= 0.3 is 0 Å². The maximum Gasteiger partial charge on any atom is 0.184 e. The SMILES string of the molecule is OC1O[C@H](COC(c2ccccc2)(c2ccccc2)c2ccccc2)[C@@H](O)[C@H](OCc2ccccc2)[C@H]1OCc1ccccc1. The van der Waals surface area contributed by atoms with E-state index in [-0.39, 0.29) is 19.8 Å². The van der Waals surface area contributed by atoms with Gasteiger partial charge in [0.05, 0.1) is 19.8 Å². The summed E-state index contributed by atoms with van der Waals surface area (Å²) in [5.74, 6) is 0. The van der Waals surface area contributed by atoms with Gasteiger partial charge in [0.1, 0.15) is 30.0 Å². The van der Waals surface area contributed by atoms with Crippen LogP contribution in [-0.2, 0) is 37.8 Å². The van der Waals surface area contributed by atoms with E-state index in [1.165, 1.54) is 0 Å². The summed E-state index contributed by atoms with van der Waals surface area (Å²) in [6.07, 6.45) is -5.23. The predicted molar refractivity (Wildman–Crippen MR) is 172 cm³/mol. The molecule has 6 nitrogen and oxygen atoms in total. The highest BCUT2D eigenvalue weighted by Crippen LogP contribution is 2.41. The van der Waals surface area contributed by atoms with Gasteiger partial charge in [-0.15, -0.1) is 0 Å². The van der Waals surface area contributed by atoms with Crippen molar-refractivity contribution >= 4 is 0 Å². The average Bonchev–Trinajstić information content (AvgIpc) is 3.11. The first kappa shape index (κ1) is 30.9. The minimum Gasteiger partial charge on any atom is -0.387 e. The lowest BCUT2D eigenvalue weighted by atomic mass is 9.80. The first-order valence-corrected chi connectivity index (χ1v) is 15.3. The minimum atomic E-state index is -1.36. The van der Waals surface area contributed by atoms with Crippen LogP contribution in [0.4, 0.5) is 0 Å². The molecule has 6 rings (SSSR count). The highest BCUT2D eigenvalue weighted by atomic mass is 16.7. The van der Waals surface area contributed by atoms with Gasteiger partial charge in [0, 0.05) is 0 Å². The van der Waals surface area contributed by atoms with Gasteiger partial charge < -0.3 is 29.2 Å². The third-order valence-corrected chi connectivity index (χ3v) is 8.21. The molecule has 0 spiro atoms. The molecule has 1 aliphatic heterocycles. The number of hydrogen-bond donors (Lipinski definition) is 2. The van der Waals surface area contributed by atoms with Crippen LogP contribution in [0, 0.1) is 0 Å². The van der Waals surface area contributed by atoms with Gasteiger partial charge in [-0.25, -0.2) is 0 Å². The second-order valence-electron chi connectivity index (χ2n) is 11.2. The van der Waals surface area contributed by atoms with E-state index in [0.29, 0.717) is 0 Å². The molecule has 0 aliphatic carbocycles. The number of benzene rings is 5. The molecule has 0 aromatic heterocycles. The quantitative estimate of drug-likeness (QED) is 0.165. The van der Waals surface area contributed by atoms with Crippen molar-refractivity contribution in [2.45, 2.75) is 49.5 Å². The number of hydrogen-bond acceptors (Lipinski definition) is 6. The Hall–Kier alpha value is -4.14. The van der Waals surface area contributed by atoms with E-state index < -0.39 is 36.3 Å². The van der Waals surface area contributed by atoms with Crippen LogP contribution >= 0.6 is 0 Å². The number of aliphatic hydroxyl groups is 2. The van der Waals surface area contributed by atoms with Crippen molar-refractivity contribution in [1.82, 2.24) is 0 Å². The third-order valence-electron chi connectivity index (χ3n) is 8.21. The molecule has 0 bridgehead atoms. The maximum atomic E-state index is 11.8. The molecule has 0 amide bonds. The first-order valence-electron chi connectivity index (χ1n) is 15.3. The molecular formula is C39H38O6.